The Balaban J connectivity index is 2.69. The van der Waals surface area contributed by atoms with Crippen LogP contribution in [0.5, 0.6) is 0 Å². The lowest BCUT2D eigenvalue weighted by atomic mass is 9.88. The van der Waals surface area contributed by atoms with Gasteiger partial charge in [0.05, 0.1) is 6.04 Å². The van der Waals surface area contributed by atoms with Crippen molar-refractivity contribution in [2.24, 2.45) is 27.6 Å². The summed E-state index contributed by atoms with van der Waals surface area (Å²) in [4.78, 5) is 28.9. The predicted molar refractivity (Wildman–Crippen MR) is 110 cm³/mol. The van der Waals surface area contributed by atoms with Crippen molar-refractivity contribution < 1.29 is 14.3 Å². The van der Waals surface area contributed by atoms with Crippen LogP contribution in [0, 0.1) is 5.41 Å². The molecule has 0 aliphatic carbocycles. The lowest BCUT2D eigenvalue weighted by molar-refractivity contribution is -0.149. The van der Waals surface area contributed by atoms with Crippen molar-refractivity contribution >= 4 is 17.8 Å². The quantitative estimate of drug-likeness (QED) is 0.203. The van der Waals surface area contributed by atoms with Gasteiger partial charge in [-0.3, -0.25) is 9.79 Å². The van der Waals surface area contributed by atoms with Crippen LogP contribution in [0.4, 0.5) is 0 Å². The lowest BCUT2D eigenvalue weighted by Gasteiger charge is -2.24. The molecule has 2 atom stereocenters. The standard InChI is InChI=1S/C20H33N5O3/c1-20(2,3)12-15(21)17(26)25-16(10-7-11-24-19(22)23)18(27)28-13-14-8-5-4-6-9-14/h4-6,8-9,15-16H,7,10-13,21H2,1-3H3,(H,25,26)(H4,22,23,24)/t15-,16-/m0/s1. The van der Waals surface area contributed by atoms with Crippen LogP contribution in [-0.2, 0) is 20.9 Å². The highest BCUT2D eigenvalue weighted by Gasteiger charge is 2.27. The van der Waals surface area contributed by atoms with Crippen molar-refractivity contribution in [2.45, 2.75) is 58.7 Å². The summed E-state index contributed by atoms with van der Waals surface area (Å²) in [6, 6.07) is 7.82. The number of amides is 1. The number of benzene rings is 1. The van der Waals surface area contributed by atoms with E-state index in [0.717, 1.165) is 5.56 Å². The van der Waals surface area contributed by atoms with E-state index in [4.69, 9.17) is 21.9 Å². The molecule has 0 saturated heterocycles. The molecule has 0 aromatic heterocycles. The van der Waals surface area contributed by atoms with Crippen molar-refractivity contribution in [2.75, 3.05) is 6.54 Å². The van der Waals surface area contributed by atoms with E-state index < -0.39 is 18.1 Å². The number of carbonyl (C=O) groups excluding carboxylic acids is 2. The van der Waals surface area contributed by atoms with Gasteiger partial charge in [0.1, 0.15) is 12.6 Å². The molecule has 0 fully saturated rings. The number of nitrogens with two attached hydrogens (primary N) is 3. The molecule has 8 nitrogen and oxygen atoms in total. The molecule has 7 N–H and O–H groups in total. The van der Waals surface area contributed by atoms with Crippen molar-refractivity contribution in [3.8, 4) is 0 Å². The number of guanidine groups is 1. The normalized spacial score (nSPS) is 13.3. The van der Waals surface area contributed by atoms with Gasteiger partial charge in [-0.1, -0.05) is 51.1 Å². The molecule has 0 heterocycles. The Morgan fingerprint density at radius 3 is 2.39 bits per heavy atom. The zero-order chi connectivity index (χ0) is 21.2. The first-order chi connectivity index (χ1) is 13.1. The second-order valence-corrected chi connectivity index (χ2v) is 7.97. The minimum atomic E-state index is -0.809. The lowest BCUT2D eigenvalue weighted by Crippen LogP contribution is -2.50. The minimum absolute atomic E-state index is 0.0144. The van der Waals surface area contributed by atoms with Crippen LogP contribution in [0.3, 0.4) is 0 Å². The highest BCUT2D eigenvalue weighted by molar-refractivity contribution is 5.87. The molecule has 0 unspecified atom stereocenters. The average molecular weight is 392 g/mol. The summed E-state index contributed by atoms with van der Waals surface area (Å²) in [6.07, 6.45) is 1.36. The van der Waals surface area contributed by atoms with E-state index in [0.29, 0.717) is 25.8 Å². The number of nitrogens with zero attached hydrogens (tertiary/aromatic N) is 1. The van der Waals surface area contributed by atoms with E-state index in [1.807, 2.05) is 51.1 Å². The van der Waals surface area contributed by atoms with Crippen LogP contribution in [-0.4, -0.2) is 36.5 Å². The first kappa shape index (κ1) is 23.4. The Hall–Kier alpha value is -2.61. The Morgan fingerprint density at radius 2 is 1.82 bits per heavy atom. The molecule has 1 amide bonds. The van der Waals surface area contributed by atoms with E-state index in [-0.39, 0.29) is 23.9 Å². The first-order valence-corrected chi connectivity index (χ1v) is 9.40. The number of esters is 1. The molecule has 0 saturated carbocycles. The third-order valence-electron chi connectivity index (χ3n) is 3.94. The van der Waals surface area contributed by atoms with Crippen molar-refractivity contribution in [1.82, 2.24) is 5.32 Å². The van der Waals surface area contributed by atoms with E-state index in [1.54, 1.807) is 0 Å². The minimum Gasteiger partial charge on any atom is -0.459 e. The number of carbonyl (C=O) groups is 2. The van der Waals surface area contributed by atoms with Crippen LogP contribution in [0.25, 0.3) is 0 Å². The summed E-state index contributed by atoms with van der Waals surface area (Å²) in [5, 5.41) is 2.71. The van der Waals surface area contributed by atoms with Gasteiger partial charge in [0, 0.05) is 6.54 Å². The second-order valence-electron chi connectivity index (χ2n) is 7.97. The van der Waals surface area contributed by atoms with Crippen molar-refractivity contribution in [3.63, 3.8) is 0 Å². The molecule has 0 radical (unpaired) electrons. The van der Waals surface area contributed by atoms with Gasteiger partial charge in [-0.2, -0.15) is 0 Å². The van der Waals surface area contributed by atoms with E-state index in [2.05, 4.69) is 10.3 Å². The Labute approximate surface area is 166 Å². The highest BCUT2D eigenvalue weighted by atomic mass is 16.5. The molecule has 1 aromatic rings. The zero-order valence-corrected chi connectivity index (χ0v) is 17.0. The number of hydrogen-bond donors (Lipinski definition) is 4. The summed E-state index contributed by atoms with van der Waals surface area (Å²) < 4.78 is 5.37. The first-order valence-electron chi connectivity index (χ1n) is 9.40. The van der Waals surface area contributed by atoms with Crippen molar-refractivity contribution in [3.05, 3.63) is 35.9 Å². The summed E-state index contributed by atoms with van der Waals surface area (Å²) in [5.41, 5.74) is 17.4. The van der Waals surface area contributed by atoms with E-state index in [9.17, 15) is 9.59 Å². The maximum Gasteiger partial charge on any atom is 0.328 e. The molecular formula is C20H33N5O3. The van der Waals surface area contributed by atoms with E-state index >= 15 is 0 Å². The molecule has 0 spiro atoms. The van der Waals surface area contributed by atoms with Crippen LogP contribution < -0.4 is 22.5 Å². The van der Waals surface area contributed by atoms with Gasteiger partial charge in [0.25, 0.3) is 0 Å². The third-order valence-corrected chi connectivity index (χ3v) is 3.94. The smallest absolute Gasteiger partial charge is 0.328 e. The third kappa shape index (κ3) is 9.91. The molecule has 0 aliphatic rings. The maximum atomic E-state index is 12.5. The summed E-state index contributed by atoms with van der Waals surface area (Å²) >= 11 is 0. The van der Waals surface area contributed by atoms with Crippen molar-refractivity contribution in [1.29, 1.82) is 0 Å². The van der Waals surface area contributed by atoms with Gasteiger partial charge in [-0.25, -0.2) is 4.79 Å². The van der Waals surface area contributed by atoms with Gasteiger partial charge in [0.2, 0.25) is 5.91 Å². The van der Waals surface area contributed by atoms with Crippen LogP contribution in [0.2, 0.25) is 0 Å². The molecule has 8 heteroatoms. The fourth-order valence-corrected chi connectivity index (χ4v) is 2.61. The number of nitrogens with one attached hydrogen (secondary N) is 1. The highest BCUT2D eigenvalue weighted by Crippen LogP contribution is 2.20. The van der Waals surface area contributed by atoms with E-state index in [1.165, 1.54) is 0 Å². The van der Waals surface area contributed by atoms with Crippen LogP contribution in [0.1, 0.15) is 45.6 Å². The number of rotatable bonds is 10. The summed E-state index contributed by atoms with van der Waals surface area (Å²) in [7, 11) is 0. The fraction of sp³-hybridized carbons (Fsp3) is 0.550. The zero-order valence-electron chi connectivity index (χ0n) is 17.0. The molecule has 0 aliphatic heterocycles. The summed E-state index contributed by atoms with van der Waals surface area (Å²) in [6.45, 7) is 6.49. The molecule has 156 valence electrons. The number of aliphatic imine (C=N–C) groups is 1. The van der Waals surface area contributed by atoms with Gasteiger partial charge < -0.3 is 27.3 Å². The van der Waals surface area contributed by atoms with Gasteiger partial charge in [-0.15, -0.1) is 0 Å². The number of hydrogen-bond acceptors (Lipinski definition) is 5. The second kappa shape index (κ2) is 11.3. The molecular weight excluding hydrogens is 358 g/mol. The van der Waals surface area contributed by atoms with Gasteiger partial charge >= 0.3 is 5.97 Å². The van der Waals surface area contributed by atoms with Crippen LogP contribution >= 0.6 is 0 Å². The monoisotopic (exact) mass is 391 g/mol. The fourth-order valence-electron chi connectivity index (χ4n) is 2.61. The largest absolute Gasteiger partial charge is 0.459 e. The summed E-state index contributed by atoms with van der Waals surface area (Å²) in [5.74, 6) is -0.900. The SMILES string of the molecule is CC(C)(C)C[C@H](N)C(=O)N[C@@H](CCCN=C(N)N)C(=O)OCc1ccccc1. The molecule has 0 bridgehead atoms. The average Bonchev–Trinajstić information content (AvgIpc) is 2.61. The molecule has 1 rings (SSSR count). The topological polar surface area (TPSA) is 146 Å². The maximum absolute atomic E-state index is 12.5. The predicted octanol–water partition coefficient (Wildman–Crippen LogP) is 1.03. The van der Waals surface area contributed by atoms with Gasteiger partial charge in [-0.05, 0) is 30.2 Å². The Bertz CT molecular complexity index is 652. The Morgan fingerprint density at radius 1 is 1.18 bits per heavy atom. The number of ether oxygens (including phenoxy) is 1. The molecule has 28 heavy (non-hydrogen) atoms. The Kier molecular flexibility index (Phi) is 9.44. The molecule has 1 aromatic carbocycles. The van der Waals surface area contributed by atoms with Gasteiger partial charge in [0.15, 0.2) is 5.96 Å². The van der Waals surface area contributed by atoms with Crippen LogP contribution in [0.15, 0.2) is 35.3 Å².